The average molecular weight is 371 g/mol. The highest BCUT2D eigenvalue weighted by molar-refractivity contribution is 6.45. The fourth-order valence-electron chi connectivity index (χ4n) is 3.97. The van der Waals surface area contributed by atoms with Gasteiger partial charge in [0.25, 0.3) is 0 Å². The molecule has 1 aromatic rings. The maximum absolute atomic E-state index is 12.7. The van der Waals surface area contributed by atoms with E-state index in [1.165, 1.54) is 0 Å². The summed E-state index contributed by atoms with van der Waals surface area (Å²) in [6, 6.07) is 4.67. The van der Waals surface area contributed by atoms with Crippen molar-refractivity contribution < 1.29 is 19.2 Å². The molecular weight excluding hydrogens is 346 g/mol. The second-order valence-electron chi connectivity index (χ2n) is 7.49. The number of amides is 5. The number of nitrogens with one attached hydrogen (secondary N) is 1. The minimum atomic E-state index is -0.922. The van der Waals surface area contributed by atoms with E-state index in [-0.39, 0.29) is 12.0 Å². The van der Waals surface area contributed by atoms with Crippen molar-refractivity contribution in [3.8, 4) is 0 Å². The van der Waals surface area contributed by atoms with Gasteiger partial charge in [-0.2, -0.15) is 0 Å². The molecule has 2 aliphatic rings. The lowest BCUT2D eigenvalue weighted by Crippen LogP contribution is -2.46. The van der Waals surface area contributed by atoms with Crippen LogP contribution in [0.4, 0.5) is 10.5 Å². The third kappa shape index (κ3) is 3.59. The van der Waals surface area contributed by atoms with E-state index in [4.69, 9.17) is 0 Å². The Morgan fingerprint density at radius 2 is 1.70 bits per heavy atom. The molecule has 2 fully saturated rings. The van der Waals surface area contributed by atoms with Gasteiger partial charge in [0.1, 0.15) is 6.54 Å². The number of carbonyl (C=O) groups excluding carboxylic acids is 4. The van der Waals surface area contributed by atoms with E-state index in [1.54, 1.807) is 0 Å². The summed E-state index contributed by atoms with van der Waals surface area (Å²) < 4.78 is 0. The van der Waals surface area contributed by atoms with Crippen molar-refractivity contribution in [2.75, 3.05) is 11.9 Å². The molecule has 1 heterocycles. The summed E-state index contributed by atoms with van der Waals surface area (Å²) >= 11 is 0. The number of hydrogen-bond acceptors (Lipinski definition) is 4. The zero-order valence-corrected chi connectivity index (χ0v) is 15.9. The maximum Gasteiger partial charge on any atom is 0.334 e. The predicted octanol–water partition coefficient (Wildman–Crippen LogP) is 2.61. The van der Waals surface area contributed by atoms with E-state index >= 15 is 0 Å². The van der Waals surface area contributed by atoms with Gasteiger partial charge in [-0.1, -0.05) is 38.0 Å². The number of anilines is 1. The molecular formula is C20H25N3O4. The number of carbonyl (C=O) groups is 4. The predicted molar refractivity (Wildman–Crippen MR) is 99.9 cm³/mol. The van der Waals surface area contributed by atoms with Crippen molar-refractivity contribution in [2.45, 2.75) is 52.5 Å². The number of benzene rings is 1. The molecule has 1 saturated carbocycles. The summed E-state index contributed by atoms with van der Waals surface area (Å²) in [6.45, 7) is 5.26. The third-order valence-electron chi connectivity index (χ3n) is 5.53. The molecule has 1 N–H and O–H groups in total. The Kier molecular flexibility index (Phi) is 5.30. The maximum atomic E-state index is 12.7. The van der Waals surface area contributed by atoms with E-state index in [9.17, 15) is 19.2 Å². The second-order valence-corrected chi connectivity index (χ2v) is 7.49. The van der Waals surface area contributed by atoms with E-state index in [1.807, 2.05) is 39.0 Å². The standard InChI is InChI=1S/C20H25N3O4/c1-12-7-4-5-10-15(12)23-19(26)18(25)22(20(23)27)11-16(24)21-17-13(2)8-6-9-14(17)3/h6,8-9,12,15H,4-5,7,10-11H2,1-3H3,(H,21,24)/t12-,15-/m1/s1. The minimum absolute atomic E-state index is 0.155. The van der Waals surface area contributed by atoms with Crippen LogP contribution in [0.2, 0.25) is 0 Å². The second kappa shape index (κ2) is 7.50. The van der Waals surface area contributed by atoms with Gasteiger partial charge in [0.15, 0.2) is 0 Å². The Morgan fingerprint density at radius 1 is 1.07 bits per heavy atom. The summed E-state index contributed by atoms with van der Waals surface area (Å²) in [4.78, 5) is 51.7. The lowest BCUT2D eigenvalue weighted by Gasteiger charge is -2.34. The van der Waals surface area contributed by atoms with Crippen molar-refractivity contribution in [1.82, 2.24) is 9.80 Å². The molecule has 7 heteroatoms. The molecule has 0 radical (unpaired) electrons. The van der Waals surface area contributed by atoms with Crippen LogP contribution in [0.5, 0.6) is 0 Å². The summed E-state index contributed by atoms with van der Waals surface area (Å²) in [5.41, 5.74) is 2.43. The summed E-state index contributed by atoms with van der Waals surface area (Å²) in [7, 11) is 0. The van der Waals surface area contributed by atoms with Gasteiger partial charge in [-0.3, -0.25) is 19.3 Å². The first kappa shape index (κ1) is 19.1. The van der Waals surface area contributed by atoms with Gasteiger partial charge in [0.2, 0.25) is 5.91 Å². The van der Waals surface area contributed by atoms with Crippen molar-refractivity contribution in [3.05, 3.63) is 29.3 Å². The van der Waals surface area contributed by atoms with Crippen LogP contribution in [0.15, 0.2) is 18.2 Å². The Bertz CT molecular complexity index is 784. The van der Waals surface area contributed by atoms with Crippen molar-refractivity contribution in [2.24, 2.45) is 5.92 Å². The van der Waals surface area contributed by atoms with E-state index in [0.717, 1.165) is 40.2 Å². The highest BCUT2D eigenvalue weighted by atomic mass is 16.2. The lowest BCUT2D eigenvalue weighted by atomic mass is 9.85. The topological polar surface area (TPSA) is 86.8 Å². The molecule has 5 amide bonds. The van der Waals surface area contributed by atoms with Crippen LogP contribution in [0.3, 0.4) is 0 Å². The smallest absolute Gasteiger partial charge is 0.324 e. The van der Waals surface area contributed by atoms with Gasteiger partial charge in [-0.25, -0.2) is 9.69 Å². The van der Waals surface area contributed by atoms with Gasteiger partial charge in [0, 0.05) is 11.7 Å². The first-order valence-electron chi connectivity index (χ1n) is 9.36. The molecule has 3 rings (SSSR count). The molecule has 144 valence electrons. The number of rotatable bonds is 4. The first-order chi connectivity index (χ1) is 12.8. The lowest BCUT2D eigenvalue weighted by molar-refractivity contribution is -0.145. The third-order valence-corrected chi connectivity index (χ3v) is 5.53. The molecule has 0 unspecified atom stereocenters. The number of hydrogen-bond donors (Lipinski definition) is 1. The Morgan fingerprint density at radius 3 is 2.33 bits per heavy atom. The van der Waals surface area contributed by atoms with E-state index in [2.05, 4.69) is 5.32 Å². The molecule has 1 saturated heterocycles. The van der Waals surface area contributed by atoms with Crippen molar-refractivity contribution in [3.63, 3.8) is 0 Å². The number of urea groups is 1. The van der Waals surface area contributed by atoms with Crippen LogP contribution in [0, 0.1) is 19.8 Å². The van der Waals surface area contributed by atoms with Crippen molar-refractivity contribution in [1.29, 1.82) is 0 Å². The number of aryl methyl sites for hydroxylation is 2. The highest BCUT2D eigenvalue weighted by Gasteiger charge is 2.49. The van der Waals surface area contributed by atoms with Crippen LogP contribution < -0.4 is 5.32 Å². The molecule has 0 spiro atoms. The number of imide groups is 2. The van der Waals surface area contributed by atoms with Gasteiger partial charge in [0.05, 0.1) is 0 Å². The molecule has 1 aromatic carbocycles. The van der Waals surface area contributed by atoms with E-state index < -0.39 is 30.3 Å². The summed E-state index contributed by atoms with van der Waals surface area (Å²) in [5.74, 6) is -2.09. The van der Waals surface area contributed by atoms with E-state index in [0.29, 0.717) is 12.1 Å². The summed E-state index contributed by atoms with van der Waals surface area (Å²) in [6.07, 6.45) is 3.61. The molecule has 1 aliphatic carbocycles. The average Bonchev–Trinajstić information content (AvgIpc) is 2.83. The number of para-hydroxylation sites is 1. The summed E-state index contributed by atoms with van der Waals surface area (Å²) in [5, 5.41) is 2.75. The SMILES string of the molecule is Cc1cccc(C)c1NC(=O)CN1C(=O)C(=O)N([C@@H]2CCCC[C@H]2C)C1=O. The monoisotopic (exact) mass is 371 g/mol. The Balaban J connectivity index is 1.73. The molecule has 0 bridgehead atoms. The van der Waals surface area contributed by atoms with Crippen LogP contribution in [-0.4, -0.2) is 46.1 Å². The largest absolute Gasteiger partial charge is 0.334 e. The highest BCUT2D eigenvalue weighted by Crippen LogP contribution is 2.31. The minimum Gasteiger partial charge on any atom is -0.324 e. The quantitative estimate of drug-likeness (QED) is 0.651. The fourth-order valence-corrected chi connectivity index (χ4v) is 3.97. The normalized spacial score (nSPS) is 23.1. The zero-order valence-electron chi connectivity index (χ0n) is 15.9. The Hall–Kier alpha value is -2.70. The first-order valence-corrected chi connectivity index (χ1v) is 9.36. The zero-order chi connectivity index (χ0) is 19.7. The van der Waals surface area contributed by atoms with Crippen LogP contribution in [0.1, 0.15) is 43.7 Å². The van der Waals surface area contributed by atoms with Crippen LogP contribution >= 0.6 is 0 Å². The van der Waals surface area contributed by atoms with Crippen LogP contribution in [0.25, 0.3) is 0 Å². The van der Waals surface area contributed by atoms with Crippen molar-refractivity contribution >= 4 is 29.4 Å². The number of nitrogens with zero attached hydrogens (tertiary/aromatic N) is 2. The molecule has 7 nitrogen and oxygen atoms in total. The van der Waals surface area contributed by atoms with Crippen LogP contribution in [-0.2, 0) is 14.4 Å². The molecule has 27 heavy (non-hydrogen) atoms. The van der Waals surface area contributed by atoms with Gasteiger partial charge < -0.3 is 5.32 Å². The molecule has 0 aromatic heterocycles. The molecule has 2 atom stereocenters. The van der Waals surface area contributed by atoms with Gasteiger partial charge >= 0.3 is 17.8 Å². The van der Waals surface area contributed by atoms with Gasteiger partial charge in [-0.05, 0) is 43.7 Å². The van der Waals surface area contributed by atoms with Gasteiger partial charge in [-0.15, -0.1) is 0 Å². The molecule has 1 aliphatic heterocycles. The fraction of sp³-hybridized carbons (Fsp3) is 0.500. The Labute approximate surface area is 158 Å².